The lowest BCUT2D eigenvalue weighted by molar-refractivity contribution is 0.125. The Labute approximate surface area is 181 Å². The number of hydrogen-bond acceptors (Lipinski definition) is 6. The number of aryl methyl sites for hydroxylation is 1. The van der Waals surface area contributed by atoms with Gasteiger partial charge in [0.25, 0.3) is 0 Å². The fraction of sp³-hybridized carbons (Fsp3) is 0.292. The van der Waals surface area contributed by atoms with Crippen LogP contribution in [0.5, 0.6) is 0 Å². The molecule has 3 aromatic heterocycles. The SMILES string of the molecule is CCOCc1nc2c(N)nc3cc(C=Cc4cccnc4)ccc3c2n1CCCOC. The van der Waals surface area contributed by atoms with Crippen molar-refractivity contribution in [2.24, 2.45) is 0 Å². The zero-order valence-corrected chi connectivity index (χ0v) is 17.9. The molecule has 0 amide bonds. The van der Waals surface area contributed by atoms with Gasteiger partial charge >= 0.3 is 0 Å². The minimum atomic E-state index is 0.430. The highest BCUT2D eigenvalue weighted by Gasteiger charge is 2.17. The lowest BCUT2D eigenvalue weighted by atomic mass is 10.1. The average molecular weight is 418 g/mol. The van der Waals surface area contributed by atoms with Crippen molar-refractivity contribution in [3.63, 3.8) is 0 Å². The van der Waals surface area contributed by atoms with Crippen molar-refractivity contribution in [3.8, 4) is 0 Å². The normalized spacial score (nSPS) is 11.8. The number of aromatic nitrogens is 4. The van der Waals surface area contributed by atoms with E-state index in [2.05, 4.69) is 32.7 Å². The zero-order chi connectivity index (χ0) is 21.6. The van der Waals surface area contributed by atoms with Crippen LogP contribution in [0.4, 0.5) is 5.82 Å². The topological polar surface area (TPSA) is 88.1 Å². The van der Waals surface area contributed by atoms with E-state index in [0.717, 1.165) is 51.9 Å². The molecular formula is C24H27N5O2. The molecule has 0 bridgehead atoms. The van der Waals surface area contributed by atoms with Gasteiger partial charge in [-0.15, -0.1) is 0 Å². The Morgan fingerprint density at radius 3 is 2.77 bits per heavy atom. The predicted octanol–water partition coefficient (Wildman–Crippen LogP) is 4.31. The summed E-state index contributed by atoms with van der Waals surface area (Å²) in [5.41, 5.74) is 11.0. The van der Waals surface area contributed by atoms with Crippen LogP contribution >= 0.6 is 0 Å². The first kappa shape index (κ1) is 21.0. The van der Waals surface area contributed by atoms with Crippen molar-refractivity contribution in [2.75, 3.05) is 26.1 Å². The summed E-state index contributed by atoms with van der Waals surface area (Å²) in [6.07, 6.45) is 8.55. The van der Waals surface area contributed by atoms with E-state index in [0.29, 0.717) is 25.6 Å². The maximum atomic E-state index is 6.32. The van der Waals surface area contributed by atoms with Crippen LogP contribution in [0.15, 0.2) is 42.7 Å². The molecule has 4 rings (SSSR count). The summed E-state index contributed by atoms with van der Waals surface area (Å²) in [5.74, 6) is 1.29. The molecule has 1 aromatic carbocycles. The third-order valence-corrected chi connectivity index (χ3v) is 5.13. The van der Waals surface area contributed by atoms with Gasteiger partial charge in [0.15, 0.2) is 5.82 Å². The molecular weight excluding hydrogens is 390 g/mol. The smallest absolute Gasteiger partial charge is 0.152 e. The van der Waals surface area contributed by atoms with E-state index in [1.165, 1.54) is 0 Å². The van der Waals surface area contributed by atoms with E-state index in [-0.39, 0.29) is 0 Å². The Hall–Kier alpha value is -3.29. The molecule has 3 heterocycles. The van der Waals surface area contributed by atoms with Gasteiger partial charge in [-0.2, -0.15) is 0 Å². The Bertz CT molecular complexity index is 1200. The van der Waals surface area contributed by atoms with E-state index < -0.39 is 0 Å². The number of fused-ring (bicyclic) bond motifs is 3. The van der Waals surface area contributed by atoms with Gasteiger partial charge in [0.1, 0.15) is 17.9 Å². The number of hydrogen-bond donors (Lipinski definition) is 1. The van der Waals surface area contributed by atoms with Gasteiger partial charge in [0, 0.05) is 44.6 Å². The summed E-state index contributed by atoms with van der Waals surface area (Å²) in [7, 11) is 1.71. The fourth-order valence-electron chi connectivity index (χ4n) is 3.66. The highest BCUT2D eigenvalue weighted by atomic mass is 16.5. The molecule has 0 aliphatic rings. The second kappa shape index (κ2) is 9.68. The van der Waals surface area contributed by atoms with E-state index in [4.69, 9.17) is 20.2 Å². The van der Waals surface area contributed by atoms with Gasteiger partial charge < -0.3 is 19.8 Å². The molecule has 0 aliphatic heterocycles. The molecule has 160 valence electrons. The number of benzene rings is 1. The number of anilines is 1. The third kappa shape index (κ3) is 4.57. The first-order valence-corrected chi connectivity index (χ1v) is 10.4. The Balaban J connectivity index is 1.79. The van der Waals surface area contributed by atoms with E-state index in [9.17, 15) is 0 Å². The Morgan fingerprint density at radius 2 is 2.00 bits per heavy atom. The van der Waals surface area contributed by atoms with Gasteiger partial charge in [-0.3, -0.25) is 4.98 Å². The van der Waals surface area contributed by atoms with E-state index in [1.54, 1.807) is 13.3 Å². The maximum Gasteiger partial charge on any atom is 0.152 e. The molecule has 7 nitrogen and oxygen atoms in total. The molecule has 2 N–H and O–H groups in total. The Morgan fingerprint density at radius 1 is 1.13 bits per heavy atom. The van der Waals surface area contributed by atoms with Gasteiger partial charge in [-0.05, 0) is 36.6 Å². The molecule has 4 aromatic rings. The van der Waals surface area contributed by atoms with Crippen LogP contribution in [0.25, 0.3) is 34.1 Å². The average Bonchev–Trinajstić information content (AvgIpc) is 3.16. The molecule has 0 spiro atoms. The number of rotatable bonds is 9. The number of nitrogen functional groups attached to an aromatic ring is 1. The number of imidazole rings is 1. The predicted molar refractivity (Wildman–Crippen MR) is 124 cm³/mol. The minimum Gasteiger partial charge on any atom is -0.385 e. The number of pyridine rings is 2. The first-order chi connectivity index (χ1) is 15.2. The van der Waals surface area contributed by atoms with Crippen LogP contribution in [0.3, 0.4) is 0 Å². The fourth-order valence-corrected chi connectivity index (χ4v) is 3.66. The standard InChI is InChI=1S/C24H27N5O2/c1-3-31-16-21-28-22-23(29(21)12-5-13-30-2)19-10-9-17(14-20(19)27-24(22)25)7-8-18-6-4-11-26-15-18/h4,6-11,14-15H,3,5,12-13,16H2,1-2H3,(H2,25,27). The van der Waals surface area contributed by atoms with Crippen molar-refractivity contribution >= 4 is 39.9 Å². The molecule has 0 radical (unpaired) electrons. The molecule has 31 heavy (non-hydrogen) atoms. The minimum absolute atomic E-state index is 0.430. The summed E-state index contributed by atoms with van der Waals surface area (Å²) in [6.45, 7) is 4.49. The molecule has 0 saturated carbocycles. The van der Waals surface area contributed by atoms with E-state index in [1.807, 2.05) is 37.4 Å². The van der Waals surface area contributed by atoms with Crippen LogP contribution in [-0.2, 0) is 22.6 Å². The van der Waals surface area contributed by atoms with Crippen LogP contribution < -0.4 is 5.73 Å². The largest absolute Gasteiger partial charge is 0.385 e. The van der Waals surface area contributed by atoms with Crippen LogP contribution in [0, 0.1) is 0 Å². The highest BCUT2D eigenvalue weighted by molar-refractivity contribution is 6.07. The van der Waals surface area contributed by atoms with Crippen molar-refractivity contribution in [1.29, 1.82) is 0 Å². The van der Waals surface area contributed by atoms with Gasteiger partial charge in [0.2, 0.25) is 0 Å². The molecule has 0 saturated heterocycles. The van der Waals surface area contributed by atoms with Crippen LogP contribution in [-0.4, -0.2) is 39.8 Å². The second-order valence-electron chi connectivity index (χ2n) is 7.25. The summed E-state index contributed by atoms with van der Waals surface area (Å²) in [5, 5.41) is 1.02. The van der Waals surface area contributed by atoms with E-state index >= 15 is 0 Å². The number of ether oxygens (including phenoxy) is 2. The van der Waals surface area contributed by atoms with Crippen molar-refractivity contribution in [1.82, 2.24) is 19.5 Å². The highest BCUT2D eigenvalue weighted by Crippen LogP contribution is 2.30. The van der Waals surface area contributed by atoms with Crippen molar-refractivity contribution in [2.45, 2.75) is 26.5 Å². The summed E-state index contributed by atoms with van der Waals surface area (Å²) in [6, 6.07) is 10.2. The quantitative estimate of drug-likeness (QED) is 0.408. The van der Waals surface area contributed by atoms with Crippen LogP contribution in [0.1, 0.15) is 30.3 Å². The van der Waals surface area contributed by atoms with Gasteiger partial charge in [-0.25, -0.2) is 9.97 Å². The lowest BCUT2D eigenvalue weighted by Crippen LogP contribution is -2.08. The maximum absolute atomic E-state index is 6.32. The second-order valence-corrected chi connectivity index (χ2v) is 7.25. The molecule has 0 unspecified atom stereocenters. The molecule has 0 fully saturated rings. The zero-order valence-electron chi connectivity index (χ0n) is 17.9. The van der Waals surface area contributed by atoms with Gasteiger partial charge in [0.05, 0.1) is 11.0 Å². The summed E-state index contributed by atoms with van der Waals surface area (Å²) >= 11 is 0. The van der Waals surface area contributed by atoms with Crippen molar-refractivity contribution < 1.29 is 9.47 Å². The van der Waals surface area contributed by atoms with Gasteiger partial charge in [-0.1, -0.05) is 30.4 Å². The molecule has 0 aliphatic carbocycles. The number of nitrogens with two attached hydrogens (primary N) is 1. The summed E-state index contributed by atoms with van der Waals surface area (Å²) in [4.78, 5) is 13.6. The first-order valence-electron chi connectivity index (χ1n) is 10.4. The summed E-state index contributed by atoms with van der Waals surface area (Å²) < 4.78 is 13.1. The molecule has 0 atom stereocenters. The number of methoxy groups -OCH3 is 1. The monoisotopic (exact) mass is 417 g/mol. The number of nitrogens with zero attached hydrogens (tertiary/aromatic N) is 4. The molecule has 7 heteroatoms. The Kier molecular flexibility index (Phi) is 6.54. The third-order valence-electron chi connectivity index (χ3n) is 5.13. The lowest BCUT2D eigenvalue weighted by Gasteiger charge is -2.11. The van der Waals surface area contributed by atoms with Crippen molar-refractivity contribution in [3.05, 3.63) is 59.7 Å². The van der Waals surface area contributed by atoms with Crippen LogP contribution in [0.2, 0.25) is 0 Å².